The predicted octanol–water partition coefficient (Wildman–Crippen LogP) is 6.42. The number of ether oxygens (including phenoxy) is 1. The van der Waals surface area contributed by atoms with Crippen molar-refractivity contribution in [1.29, 1.82) is 0 Å². The molecule has 1 aromatic carbocycles. The van der Waals surface area contributed by atoms with Crippen molar-refractivity contribution < 1.29 is 14.9 Å². The Bertz CT molecular complexity index is 367. The van der Waals surface area contributed by atoms with Crippen LogP contribution in [0, 0.1) is 0 Å². The lowest BCUT2D eigenvalue weighted by atomic mass is 10.0. The molecule has 3 nitrogen and oxygen atoms in total. The Morgan fingerprint density at radius 2 is 1.08 bits per heavy atom. The van der Waals surface area contributed by atoms with Crippen molar-refractivity contribution in [2.24, 2.45) is 0 Å². The fraction of sp³-hybridized carbons (Fsp3) is 0.727. The van der Waals surface area contributed by atoms with Crippen LogP contribution in [0.2, 0.25) is 0 Å². The summed E-state index contributed by atoms with van der Waals surface area (Å²) in [5.74, 6) is 0. The van der Waals surface area contributed by atoms with E-state index in [4.69, 9.17) is 9.99 Å². The summed E-state index contributed by atoms with van der Waals surface area (Å²) in [6.45, 7) is 1.55. The third-order valence-electron chi connectivity index (χ3n) is 4.67. The van der Waals surface area contributed by atoms with E-state index in [-0.39, 0.29) is 6.61 Å². The fourth-order valence-corrected chi connectivity index (χ4v) is 3.14. The van der Waals surface area contributed by atoms with E-state index >= 15 is 0 Å². The SMILES string of the molecule is OOCCOCCCCCCCCCCCCCCc1ccccc1. The average molecular weight is 351 g/mol. The maximum absolute atomic E-state index is 8.14. The van der Waals surface area contributed by atoms with Crippen LogP contribution in [-0.4, -0.2) is 25.1 Å². The molecule has 0 aliphatic rings. The lowest BCUT2D eigenvalue weighted by Crippen LogP contribution is -2.03. The molecule has 0 heterocycles. The molecule has 0 radical (unpaired) electrons. The summed E-state index contributed by atoms with van der Waals surface area (Å²) in [4.78, 5) is 3.95. The third kappa shape index (κ3) is 15.1. The van der Waals surface area contributed by atoms with Crippen LogP contribution in [-0.2, 0) is 16.0 Å². The molecule has 0 atom stereocenters. The van der Waals surface area contributed by atoms with E-state index in [1.54, 1.807) is 0 Å². The molecule has 0 aliphatic carbocycles. The van der Waals surface area contributed by atoms with Crippen LogP contribution in [0.1, 0.15) is 82.6 Å². The minimum atomic E-state index is 0.271. The maximum atomic E-state index is 8.14. The zero-order valence-corrected chi connectivity index (χ0v) is 16.0. The Hall–Kier alpha value is -0.900. The molecule has 25 heavy (non-hydrogen) atoms. The first-order chi connectivity index (χ1) is 12.4. The first-order valence-corrected chi connectivity index (χ1v) is 10.3. The van der Waals surface area contributed by atoms with Gasteiger partial charge in [0.25, 0.3) is 0 Å². The second-order valence-electron chi connectivity index (χ2n) is 6.92. The summed E-state index contributed by atoms with van der Waals surface area (Å²) < 4.78 is 5.31. The van der Waals surface area contributed by atoms with Gasteiger partial charge in [0.2, 0.25) is 0 Å². The van der Waals surface area contributed by atoms with Crippen LogP contribution in [0.4, 0.5) is 0 Å². The molecule has 0 unspecified atom stereocenters. The molecule has 3 heteroatoms. The largest absolute Gasteiger partial charge is 0.379 e. The minimum absolute atomic E-state index is 0.271. The Kier molecular flexibility index (Phi) is 15.9. The zero-order chi connectivity index (χ0) is 17.8. The summed E-state index contributed by atoms with van der Waals surface area (Å²) in [6.07, 6.45) is 17.4. The molecule has 1 rings (SSSR count). The van der Waals surface area contributed by atoms with E-state index in [2.05, 4.69) is 35.2 Å². The topological polar surface area (TPSA) is 38.7 Å². The first kappa shape index (κ1) is 22.1. The Labute approximate surface area is 154 Å². The molecule has 0 fully saturated rings. The van der Waals surface area contributed by atoms with E-state index in [9.17, 15) is 0 Å². The summed E-state index contributed by atoms with van der Waals surface area (Å²) in [5.41, 5.74) is 1.48. The summed E-state index contributed by atoms with van der Waals surface area (Å²) in [6, 6.07) is 10.8. The Morgan fingerprint density at radius 1 is 0.560 bits per heavy atom. The van der Waals surface area contributed by atoms with Gasteiger partial charge < -0.3 is 4.74 Å². The number of rotatable bonds is 18. The van der Waals surface area contributed by atoms with Crippen molar-refractivity contribution in [3.05, 3.63) is 35.9 Å². The highest BCUT2D eigenvalue weighted by Gasteiger charge is 1.95. The maximum Gasteiger partial charge on any atom is 0.105 e. The highest BCUT2D eigenvalue weighted by molar-refractivity contribution is 5.14. The van der Waals surface area contributed by atoms with Crippen molar-refractivity contribution in [3.63, 3.8) is 0 Å². The van der Waals surface area contributed by atoms with Crippen molar-refractivity contribution in [1.82, 2.24) is 0 Å². The van der Waals surface area contributed by atoms with Crippen molar-refractivity contribution >= 4 is 0 Å². The second kappa shape index (κ2) is 17.9. The van der Waals surface area contributed by atoms with Crippen LogP contribution >= 0.6 is 0 Å². The molecular formula is C22H38O3. The van der Waals surface area contributed by atoms with Gasteiger partial charge in [0.05, 0.1) is 6.61 Å². The monoisotopic (exact) mass is 350 g/mol. The summed E-state index contributed by atoms with van der Waals surface area (Å²) in [5, 5.41) is 8.14. The number of aryl methyl sites for hydroxylation is 1. The predicted molar refractivity (Wildman–Crippen MR) is 105 cm³/mol. The Balaban J connectivity index is 1.69. The number of unbranched alkanes of at least 4 members (excludes halogenated alkanes) is 11. The van der Waals surface area contributed by atoms with E-state index in [1.165, 1.54) is 82.6 Å². The van der Waals surface area contributed by atoms with Crippen LogP contribution in [0.25, 0.3) is 0 Å². The van der Waals surface area contributed by atoms with Gasteiger partial charge in [0.1, 0.15) is 6.61 Å². The van der Waals surface area contributed by atoms with Gasteiger partial charge in [-0.3, -0.25) is 5.26 Å². The normalized spacial score (nSPS) is 11.1. The van der Waals surface area contributed by atoms with Crippen LogP contribution < -0.4 is 0 Å². The average Bonchev–Trinajstić information content (AvgIpc) is 2.65. The molecular weight excluding hydrogens is 312 g/mol. The number of benzene rings is 1. The minimum Gasteiger partial charge on any atom is -0.379 e. The van der Waals surface area contributed by atoms with Crippen molar-refractivity contribution in [2.75, 3.05) is 19.8 Å². The molecule has 0 saturated carbocycles. The van der Waals surface area contributed by atoms with Crippen LogP contribution in [0.5, 0.6) is 0 Å². The molecule has 0 saturated heterocycles. The fourth-order valence-electron chi connectivity index (χ4n) is 3.14. The van der Waals surface area contributed by atoms with Gasteiger partial charge in [-0.2, -0.15) is 0 Å². The Morgan fingerprint density at radius 3 is 1.64 bits per heavy atom. The van der Waals surface area contributed by atoms with E-state index in [1.807, 2.05) is 0 Å². The van der Waals surface area contributed by atoms with Gasteiger partial charge >= 0.3 is 0 Å². The summed E-state index contributed by atoms with van der Waals surface area (Å²) in [7, 11) is 0. The molecule has 0 amide bonds. The van der Waals surface area contributed by atoms with Crippen molar-refractivity contribution in [3.8, 4) is 0 Å². The van der Waals surface area contributed by atoms with Gasteiger partial charge in [0.15, 0.2) is 0 Å². The molecule has 1 aromatic rings. The van der Waals surface area contributed by atoms with E-state index in [0.29, 0.717) is 6.61 Å². The van der Waals surface area contributed by atoms with Gasteiger partial charge in [-0.1, -0.05) is 94.5 Å². The lowest BCUT2D eigenvalue weighted by molar-refractivity contribution is -0.249. The quantitative estimate of drug-likeness (QED) is 0.189. The van der Waals surface area contributed by atoms with Gasteiger partial charge in [-0.05, 0) is 24.8 Å². The first-order valence-electron chi connectivity index (χ1n) is 10.3. The molecule has 0 aromatic heterocycles. The standard InChI is InChI=1S/C22H38O3/c23-25-21-20-24-19-15-10-8-6-4-2-1-3-5-7-9-12-16-22-17-13-11-14-18-22/h11,13-14,17-18,23H,1-10,12,15-16,19-21H2. The van der Waals surface area contributed by atoms with Crippen LogP contribution in [0.15, 0.2) is 30.3 Å². The molecule has 0 spiro atoms. The van der Waals surface area contributed by atoms with Gasteiger partial charge in [-0.15, -0.1) is 0 Å². The zero-order valence-electron chi connectivity index (χ0n) is 16.0. The second-order valence-corrected chi connectivity index (χ2v) is 6.92. The number of hydrogen-bond acceptors (Lipinski definition) is 3. The smallest absolute Gasteiger partial charge is 0.105 e. The van der Waals surface area contributed by atoms with Gasteiger partial charge in [-0.25, -0.2) is 4.89 Å². The summed E-state index contributed by atoms with van der Waals surface area (Å²) >= 11 is 0. The lowest BCUT2D eigenvalue weighted by Gasteiger charge is -2.04. The third-order valence-corrected chi connectivity index (χ3v) is 4.67. The molecule has 0 bridgehead atoms. The van der Waals surface area contributed by atoms with E-state index in [0.717, 1.165) is 13.0 Å². The van der Waals surface area contributed by atoms with Crippen LogP contribution in [0.3, 0.4) is 0 Å². The highest BCUT2D eigenvalue weighted by Crippen LogP contribution is 2.13. The highest BCUT2D eigenvalue weighted by atomic mass is 17.1. The number of hydrogen-bond donors (Lipinski definition) is 1. The molecule has 1 N–H and O–H groups in total. The van der Waals surface area contributed by atoms with Crippen molar-refractivity contribution in [2.45, 2.75) is 83.5 Å². The van der Waals surface area contributed by atoms with E-state index < -0.39 is 0 Å². The molecule has 0 aliphatic heterocycles. The molecule has 144 valence electrons. The van der Waals surface area contributed by atoms with Gasteiger partial charge in [0, 0.05) is 6.61 Å².